The third kappa shape index (κ3) is 5.04. The summed E-state index contributed by atoms with van der Waals surface area (Å²) in [5.41, 5.74) is -1.19. The molecule has 0 radical (unpaired) electrons. The second-order valence-corrected chi connectivity index (χ2v) is 4.34. The summed E-state index contributed by atoms with van der Waals surface area (Å²) in [5.74, 6) is -1.00. The van der Waals surface area contributed by atoms with Crippen molar-refractivity contribution in [2.75, 3.05) is 27.2 Å². The van der Waals surface area contributed by atoms with Crippen LogP contribution in [0.3, 0.4) is 0 Å². The van der Waals surface area contributed by atoms with Crippen molar-refractivity contribution < 1.29 is 14.7 Å². The van der Waals surface area contributed by atoms with Crippen molar-refractivity contribution in [2.45, 2.75) is 32.2 Å². The van der Waals surface area contributed by atoms with Crippen molar-refractivity contribution in [1.82, 2.24) is 15.5 Å². The van der Waals surface area contributed by atoms with E-state index in [1.807, 2.05) is 6.92 Å². The van der Waals surface area contributed by atoms with Crippen molar-refractivity contribution in [3.05, 3.63) is 0 Å². The fourth-order valence-electron chi connectivity index (χ4n) is 1.44. The van der Waals surface area contributed by atoms with Gasteiger partial charge in [0.25, 0.3) is 0 Å². The van der Waals surface area contributed by atoms with Crippen LogP contribution in [0.15, 0.2) is 0 Å². The molecule has 100 valence electrons. The maximum Gasteiger partial charge on any atom is 0.329 e. The highest BCUT2D eigenvalue weighted by molar-refractivity contribution is 5.85. The van der Waals surface area contributed by atoms with Gasteiger partial charge in [-0.1, -0.05) is 13.3 Å². The van der Waals surface area contributed by atoms with Crippen LogP contribution in [-0.2, 0) is 4.79 Å². The lowest BCUT2D eigenvalue weighted by Crippen LogP contribution is -2.55. The van der Waals surface area contributed by atoms with Gasteiger partial charge in [0.05, 0.1) is 0 Å². The molecule has 0 rings (SSSR count). The number of hydrogen-bond donors (Lipinski definition) is 3. The molecule has 0 aliphatic rings. The summed E-state index contributed by atoms with van der Waals surface area (Å²) in [6, 6.07) is -0.362. The first-order valence-corrected chi connectivity index (χ1v) is 5.78. The first-order chi connectivity index (χ1) is 7.87. The predicted molar refractivity (Wildman–Crippen MR) is 66.0 cm³/mol. The average Bonchev–Trinajstić information content (AvgIpc) is 2.25. The molecule has 0 aromatic carbocycles. The van der Waals surface area contributed by atoms with Gasteiger partial charge in [-0.05, 0) is 20.4 Å². The average molecular weight is 245 g/mol. The molecular weight excluding hydrogens is 222 g/mol. The zero-order valence-electron chi connectivity index (χ0n) is 11.0. The number of nitrogens with zero attached hydrogens (tertiary/aromatic N) is 1. The van der Waals surface area contributed by atoms with Gasteiger partial charge in [-0.25, -0.2) is 9.59 Å². The van der Waals surface area contributed by atoms with Crippen LogP contribution in [0.4, 0.5) is 4.79 Å². The highest BCUT2D eigenvalue weighted by Gasteiger charge is 2.34. The van der Waals surface area contributed by atoms with Gasteiger partial charge < -0.3 is 20.6 Å². The van der Waals surface area contributed by atoms with Crippen LogP contribution in [0.2, 0.25) is 0 Å². The number of carbonyl (C=O) groups is 2. The van der Waals surface area contributed by atoms with Crippen molar-refractivity contribution >= 4 is 12.0 Å². The van der Waals surface area contributed by atoms with Gasteiger partial charge in [-0.3, -0.25) is 0 Å². The monoisotopic (exact) mass is 245 g/mol. The maximum absolute atomic E-state index is 11.8. The summed E-state index contributed by atoms with van der Waals surface area (Å²) in [4.78, 5) is 24.4. The molecule has 0 spiro atoms. The lowest BCUT2D eigenvalue weighted by molar-refractivity contribution is -0.144. The van der Waals surface area contributed by atoms with Crippen molar-refractivity contribution in [3.8, 4) is 0 Å². The molecule has 6 heteroatoms. The Hall–Kier alpha value is -1.30. The van der Waals surface area contributed by atoms with E-state index in [0.29, 0.717) is 25.9 Å². The first-order valence-electron chi connectivity index (χ1n) is 5.78. The lowest BCUT2D eigenvalue weighted by Gasteiger charge is -2.28. The molecule has 2 amide bonds. The molecule has 6 nitrogen and oxygen atoms in total. The van der Waals surface area contributed by atoms with Crippen molar-refractivity contribution in [3.63, 3.8) is 0 Å². The number of carboxylic acid groups (broad SMARTS) is 1. The minimum atomic E-state index is -1.19. The van der Waals surface area contributed by atoms with Crippen LogP contribution in [0.1, 0.15) is 26.7 Å². The number of urea groups is 1. The predicted octanol–water partition coefficient (Wildman–Crippen LogP) is 0.491. The molecule has 0 heterocycles. The number of nitrogens with one attached hydrogen (secondary N) is 2. The molecule has 0 aromatic heterocycles. The van der Waals surface area contributed by atoms with Gasteiger partial charge in [-0.2, -0.15) is 0 Å². The van der Waals surface area contributed by atoms with Crippen LogP contribution in [0, 0.1) is 0 Å². The molecule has 1 unspecified atom stereocenters. The Morgan fingerprint density at radius 2 is 2.00 bits per heavy atom. The highest BCUT2D eigenvalue weighted by Crippen LogP contribution is 2.12. The third-order valence-corrected chi connectivity index (χ3v) is 2.65. The smallest absolute Gasteiger partial charge is 0.329 e. The van der Waals surface area contributed by atoms with E-state index in [4.69, 9.17) is 5.11 Å². The van der Waals surface area contributed by atoms with E-state index in [2.05, 4.69) is 10.6 Å². The first kappa shape index (κ1) is 15.7. The summed E-state index contributed by atoms with van der Waals surface area (Å²) in [7, 11) is 3.44. The van der Waals surface area contributed by atoms with E-state index in [1.165, 1.54) is 11.8 Å². The zero-order valence-corrected chi connectivity index (χ0v) is 11.0. The number of rotatable bonds is 7. The molecule has 3 N–H and O–H groups in total. The Morgan fingerprint density at radius 1 is 1.41 bits per heavy atom. The van der Waals surface area contributed by atoms with Gasteiger partial charge in [0.15, 0.2) is 0 Å². The number of hydrogen-bond acceptors (Lipinski definition) is 3. The molecule has 0 fully saturated rings. The van der Waals surface area contributed by atoms with Crippen LogP contribution in [-0.4, -0.2) is 54.7 Å². The normalized spacial score (nSPS) is 13.9. The molecule has 0 bridgehead atoms. The van der Waals surface area contributed by atoms with Crippen LogP contribution < -0.4 is 10.6 Å². The molecule has 0 aliphatic heterocycles. The van der Waals surface area contributed by atoms with E-state index in [0.717, 1.165) is 0 Å². The standard InChI is InChI=1S/C11H23N3O3/c1-5-6-11(2,9(15)16)13-10(17)14(4)8-7-12-3/h12H,5-8H2,1-4H3,(H,13,17)(H,15,16). The minimum Gasteiger partial charge on any atom is -0.480 e. The molecule has 0 saturated heterocycles. The van der Waals surface area contributed by atoms with Gasteiger partial charge >= 0.3 is 12.0 Å². The molecule has 0 aromatic rings. The van der Waals surface area contributed by atoms with Gasteiger partial charge in [0.1, 0.15) is 5.54 Å². The second kappa shape index (κ2) is 7.11. The molecule has 0 saturated carbocycles. The van der Waals surface area contributed by atoms with Gasteiger partial charge in [0, 0.05) is 20.1 Å². The second-order valence-electron chi connectivity index (χ2n) is 4.34. The number of carboxylic acids is 1. The Balaban J connectivity index is 4.45. The summed E-state index contributed by atoms with van der Waals surface area (Å²) in [5, 5.41) is 14.6. The topological polar surface area (TPSA) is 81.7 Å². The Labute approximate surface area is 102 Å². The Kier molecular flexibility index (Phi) is 6.57. The zero-order chi connectivity index (χ0) is 13.5. The van der Waals surface area contributed by atoms with Crippen LogP contribution >= 0.6 is 0 Å². The maximum atomic E-state index is 11.8. The number of likely N-dealkylation sites (N-methyl/N-ethyl adjacent to an activating group) is 2. The van der Waals surface area contributed by atoms with Gasteiger partial charge in [-0.15, -0.1) is 0 Å². The largest absolute Gasteiger partial charge is 0.480 e. The molecular formula is C11H23N3O3. The molecule has 0 aliphatic carbocycles. The number of aliphatic carboxylic acids is 1. The van der Waals surface area contributed by atoms with Crippen LogP contribution in [0.5, 0.6) is 0 Å². The Morgan fingerprint density at radius 3 is 2.41 bits per heavy atom. The highest BCUT2D eigenvalue weighted by atomic mass is 16.4. The lowest BCUT2D eigenvalue weighted by atomic mass is 9.96. The summed E-state index contributed by atoms with van der Waals surface area (Å²) >= 11 is 0. The number of amides is 2. The molecule has 1 atom stereocenters. The summed E-state index contributed by atoms with van der Waals surface area (Å²) in [6.07, 6.45) is 1.11. The number of carbonyl (C=O) groups excluding carboxylic acids is 1. The quantitative estimate of drug-likeness (QED) is 0.609. The summed E-state index contributed by atoms with van der Waals surface area (Å²) < 4.78 is 0. The van der Waals surface area contributed by atoms with E-state index in [1.54, 1.807) is 14.1 Å². The van der Waals surface area contributed by atoms with Crippen LogP contribution in [0.25, 0.3) is 0 Å². The van der Waals surface area contributed by atoms with Gasteiger partial charge in [0.2, 0.25) is 0 Å². The van der Waals surface area contributed by atoms with E-state index >= 15 is 0 Å². The van der Waals surface area contributed by atoms with Crippen molar-refractivity contribution in [2.24, 2.45) is 0 Å². The van der Waals surface area contributed by atoms with Crippen molar-refractivity contribution in [1.29, 1.82) is 0 Å². The van der Waals surface area contributed by atoms with E-state index < -0.39 is 11.5 Å². The SMILES string of the molecule is CCCC(C)(NC(=O)N(C)CCNC)C(=O)O. The minimum absolute atomic E-state index is 0.362. The molecule has 17 heavy (non-hydrogen) atoms. The summed E-state index contributed by atoms with van der Waals surface area (Å²) in [6.45, 7) is 4.62. The van der Waals surface area contributed by atoms with E-state index in [-0.39, 0.29) is 6.03 Å². The fraction of sp³-hybridized carbons (Fsp3) is 0.818. The third-order valence-electron chi connectivity index (χ3n) is 2.65. The fourth-order valence-corrected chi connectivity index (χ4v) is 1.44. The van der Waals surface area contributed by atoms with E-state index in [9.17, 15) is 9.59 Å². The Bertz CT molecular complexity index is 271.